The molecule has 0 radical (unpaired) electrons. The highest BCUT2D eigenvalue weighted by Gasteiger charge is 2.25. The molecular formula is C25H33N9O3. The van der Waals surface area contributed by atoms with Crippen LogP contribution in [-0.4, -0.2) is 82.9 Å². The molecule has 0 saturated heterocycles. The summed E-state index contributed by atoms with van der Waals surface area (Å²) >= 11 is 0. The van der Waals surface area contributed by atoms with Gasteiger partial charge in [0, 0.05) is 20.1 Å². The molecule has 12 heteroatoms. The number of aryl methyl sites for hydroxylation is 2. The van der Waals surface area contributed by atoms with Crippen LogP contribution < -0.4 is 9.47 Å². The van der Waals surface area contributed by atoms with Gasteiger partial charge < -0.3 is 14.6 Å². The second-order valence-corrected chi connectivity index (χ2v) is 9.52. The van der Waals surface area contributed by atoms with Gasteiger partial charge in [-0.3, -0.25) is 14.7 Å². The van der Waals surface area contributed by atoms with Crippen molar-refractivity contribution in [2.45, 2.75) is 46.4 Å². The van der Waals surface area contributed by atoms with E-state index in [-0.39, 0.29) is 18.8 Å². The maximum absolute atomic E-state index is 9.93. The van der Waals surface area contributed by atoms with Gasteiger partial charge in [0.25, 0.3) is 0 Å². The van der Waals surface area contributed by atoms with Crippen molar-refractivity contribution >= 4 is 23.2 Å². The average Bonchev–Trinajstić information content (AvgIpc) is 3.50. The highest BCUT2D eigenvalue weighted by molar-refractivity contribution is 5.90. The summed E-state index contributed by atoms with van der Waals surface area (Å²) in [7, 11) is 3.90. The molecule has 2 N–H and O–H groups in total. The van der Waals surface area contributed by atoms with Crippen LogP contribution in [0.1, 0.15) is 49.5 Å². The normalized spacial score (nSPS) is 18.1. The van der Waals surface area contributed by atoms with E-state index in [2.05, 4.69) is 30.4 Å². The van der Waals surface area contributed by atoms with Crippen LogP contribution in [0.2, 0.25) is 0 Å². The number of ether oxygens (including phenoxy) is 2. The van der Waals surface area contributed by atoms with E-state index in [4.69, 9.17) is 14.6 Å². The first-order valence-electron chi connectivity index (χ1n) is 12.4. The van der Waals surface area contributed by atoms with Gasteiger partial charge in [0.2, 0.25) is 11.8 Å². The lowest BCUT2D eigenvalue weighted by Crippen LogP contribution is -2.32. The summed E-state index contributed by atoms with van der Waals surface area (Å²) in [5, 5.41) is 36.3. The Kier molecular flexibility index (Phi) is 6.69. The summed E-state index contributed by atoms with van der Waals surface area (Å²) in [5.41, 5.74) is 5.36. The molecule has 0 unspecified atom stereocenters. The lowest BCUT2D eigenvalue weighted by Gasteiger charge is -2.24. The quantitative estimate of drug-likeness (QED) is 0.428. The second-order valence-electron chi connectivity index (χ2n) is 9.52. The molecule has 2 bridgehead atoms. The summed E-state index contributed by atoms with van der Waals surface area (Å²) in [4.78, 5) is 2.17. The molecule has 2 atom stereocenters. The number of rotatable bonds is 4. The van der Waals surface area contributed by atoms with Gasteiger partial charge in [-0.25, -0.2) is 4.68 Å². The number of hydrogen-bond donors (Lipinski definition) is 2. The first-order valence-corrected chi connectivity index (χ1v) is 12.4. The van der Waals surface area contributed by atoms with Gasteiger partial charge in [0.1, 0.15) is 11.8 Å². The third kappa shape index (κ3) is 4.58. The first-order chi connectivity index (χ1) is 17.8. The summed E-state index contributed by atoms with van der Waals surface area (Å²) in [6.45, 7) is 9.48. The van der Waals surface area contributed by atoms with E-state index in [1.807, 2.05) is 64.7 Å². The number of aliphatic hydroxyl groups is 1. The van der Waals surface area contributed by atoms with Crippen LogP contribution in [0.4, 0.5) is 0 Å². The minimum absolute atomic E-state index is 0.0410. The number of aromatic nitrogens is 8. The number of hydrogen-bond acceptors (Lipinski definition) is 9. The maximum atomic E-state index is 9.93. The molecule has 5 rings (SSSR count). The minimum Gasteiger partial charge on any atom is -0.476 e. The van der Waals surface area contributed by atoms with Crippen molar-refractivity contribution in [1.82, 2.24) is 44.9 Å². The van der Waals surface area contributed by atoms with Gasteiger partial charge in [-0.1, -0.05) is 0 Å². The monoisotopic (exact) mass is 507 g/mol. The van der Waals surface area contributed by atoms with E-state index in [1.54, 1.807) is 4.68 Å². The number of aliphatic hydroxyl groups excluding tert-OH is 1. The van der Waals surface area contributed by atoms with E-state index in [1.165, 1.54) is 0 Å². The van der Waals surface area contributed by atoms with Gasteiger partial charge >= 0.3 is 0 Å². The molecule has 0 saturated carbocycles. The molecular weight excluding hydrogens is 474 g/mol. The van der Waals surface area contributed by atoms with E-state index in [9.17, 15) is 5.11 Å². The van der Waals surface area contributed by atoms with Crippen LogP contribution in [0, 0.1) is 6.92 Å². The Morgan fingerprint density at radius 3 is 2.81 bits per heavy atom. The van der Waals surface area contributed by atoms with Crippen molar-refractivity contribution in [1.29, 1.82) is 0 Å². The van der Waals surface area contributed by atoms with E-state index in [0.29, 0.717) is 48.5 Å². The summed E-state index contributed by atoms with van der Waals surface area (Å²) in [6, 6.07) is 1.74. The molecule has 0 spiro atoms. The number of aromatic amines is 1. The first kappa shape index (κ1) is 24.9. The summed E-state index contributed by atoms with van der Waals surface area (Å²) in [5.74, 6) is 1.16. The zero-order valence-corrected chi connectivity index (χ0v) is 22.1. The standard InChI is InChI=1S/C25H33N9O3/c1-7-36-24-17-8-9-19-18-10-20(27-29-23(18)28-26-19)22-16(4)30-33(6)25(22)37-15(3)11-32(5)12-21(17)34(31-24)14(2)13-35/h8-10,14-15,35H,7,11-13H2,1-6H3,(H,26,28,29)/b9-8+/t14-,15-/m0/s1. The van der Waals surface area contributed by atoms with Crippen LogP contribution in [0.15, 0.2) is 6.07 Å². The van der Waals surface area contributed by atoms with Gasteiger partial charge in [0.15, 0.2) is 5.65 Å². The van der Waals surface area contributed by atoms with Crippen molar-refractivity contribution in [3.63, 3.8) is 0 Å². The third-order valence-corrected chi connectivity index (χ3v) is 6.47. The van der Waals surface area contributed by atoms with Crippen molar-refractivity contribution in [3.05, 3.63) is 28.7 Å². The molecule has 0 fully saturated rings. The predicted octanol–water partition coefficient (Wildman–Crippen LogP) is 2.59. The molecule has 1 aliphatic rings. The molecule has 4 aromatic rings. The van der Waals surface area contributed by atoms with Gasteiger partial charge in [-0.2, -0.15) is 10.2 Å². The Morgan fingerprint density at radius 2 is 2.05 bits per heavy atom. The molecule has 37 heavy (non-hydrogen) atoms. The van der Waals surface area contributed by atoms with Crippen LogP contribution >= 0.6 is 0 Å². The van der Waals surface area contributed by atoms with Gasteiger partial charge in [-0.15, -0.1) is 15.3 Å². The summed E-state index contributed by atoms with van der Waals surface area (Å²) < 4.78 is 15.9. The molecule has 5 heterocycles. The fourth-order valence-corrected chi connectivity index (χ4v) is 4.78. The van der Waals surface area contributed by atoms with E-state index in [0.717, 1.165) is 27.9 Å². The third-order valence-electron chi connectivity index (χ3n) is 6.47. The molecule has 0 amide bonds. The molecule has 0 aliphatic carbocycles. The highest BCUT2D eigenvalue weighted by Crippen LogP contribution is 2.34. The van der Waals surface area contributed by atoms with Crippen molar-refractivity contribution in [2.75, 3.05) is 26.8 Å². The number of nitrogens with zero attached hydrogens (tertiary/aromatic N) is 8. The van der Waals surface area contributed by atoms with Gasteiger partial charge in [-0.05, 0) is 53.0 Å². The molecule has 12 nitrogen and oxygen atoms in total. The Morgan fingerprint density at radius 1 is 1.24 bits per heavy atom. The zero-order chi connectivity index (χ0) is 26.3. The molecule has 0 aromatic carbocycles. The minimum atomic E-state index is -0.218. The van der Waals surface area contributed by atoms with Crippen molar-refractivity contribution in [2.24, 2.45) is 7.05 Å². The topological polar surface area (TPSA) is 132 Å². The van der Waals surface area contributed by atoms with Crippen molar-refractivity contribution < 1.29 is 14.6 Å². The van der Waals surface area contributed by atoms with Crippen LogP contribution in [-0.2, 0) is 13.6 Å². The highest BCUT2D eigenvalue weighted by atomic mass is 16.5. The number of likely N-dealkylation sites (N-methyl/N-ethyl adjacent to an activating group) is 1. The number of nitrogens with one attached hydrogen (secondary N) is 1. The maximum Gasteiger partial charge on any atom is 0.240 e. The van der Waals surface area contributed by atoms with E-state index >= 15 is 0 Å². The van der Waals surface area contributed by atoms with E-state index < -0.39 is 0 Å². The van der Waals surface area contributed by atoms with Crippen LogP contribution in [0.5, 0.6) is 11.8 Å². The number of fused-ring (bicyclic) bond motifs is 4. The number of H-pyrrole nitrogens is 1. The second kappa shape index (κ2) is 9.94. The SMILES string of the molecule is CCOc1nn([C@@H](C)CO)c2c1/C=C/c1n[nH]c3nnc(cc13)-c1c(C)nn(C)c1O[C@@H](C)CN(C)C2. The fourth-order valence-electron chi connectivity index (χ4n) is 4.78. The Balaban J connectivity index is 1.72. The zero-order valence-electron chi connectivity index (χ0n) is 22.1. The summed E-state index contributed by atoms with van der Waals surface area (Å²) in [6.07, 6.45) is 3.75. The predicted molar refractivity (Wildman–Crippen MR) is 139 cm³/mol. The van der Waals surface area contributed by atoms with Crippen LogP contribution in [0.3, 0.4) is 0 Å². The Bertz CT molecular complexity index is 1450. The van der Waals surface area contributed by atoms with Crippen molar-refractivity contribution in [3.8, 4) is 23.0 Å². The largest absolute Gasteiger partial charge is 0.476 e. The van der Waals surface area contributed by atoms with Crippen LogP contribution in [0.25, 0.3) is 34.4 Å². The lowest BCUT2D eigenvalue weighted by molar-refractivity contribution is 0.145. The molecule has 4 aromatic heterocycles. The average molecular weight is 508 g/mol. The smallest absolute Gasteiger partial charge is 0.240 e. The van der Waals surface area contributed by atoms with Gasteiger partial charge in [0.05, 0.1) is 52.9 Å². The molecule has 1 aliphatic heterocycles. The fraction of sp³-hybridized carbons (Fsp3) is 0.480. The Hall–Kier alpha value is -3.77. The Labute approximate surface area is 214 Å². The lowest BCUT2D eigenvalue weighted by atomic mass is 10.1. The molecule has 196 valence electrons.